The molecule has 1 saturated carbocycles. The van der Waals surface area contributed by atoms with E-state index in [2.05, 4.69) is 17.1 Å². The third-order valence-corrected chi connectivity index (χ3v) is 5.67. The summed E-state index contributed by atoms with van der Waals surface area (Å²) in [6, 6.07) is 0.456. The van der Waals surface area contributed by atoms with Crippen molar-refractivity contribution in [2.75, 3.05) is 19.6 Å². The largest absolute Gasteiger partial charge is 0.339 e. The number of hydrogen-bond donors (Lipinski definition) is 1. The molecule has 1 aliphatic carbocycles. The van der Waals surface area contributed by atoms with Crippen molar-refractivity contribution >= 4 is 5.91 Å². The van der Waals surface area contributed by atoms with E-state index >= 15 is 0 Å². The van der Waals surface area contributed by atoms with Crippen molar-refractivity contribution in [3.63, 3.8) is 0 Å². The zero-order valence-electron chi connectivity index (χ0n) is 12.2. The van der Waals surface area contributed by atoms with Gasteiger partial charge in [0.05, 0.1) is 0 Å². The molecular weight excluding hydrogens is 236 g/mol. The maximum atomic E-state index is 12.8. The number of nitrogens with one attached hydrogen (secondary N) is 1. The smallest absolute Gasteiger partial charge is 0.225 e. The van der Waals surface area contributed by atoms with E-state index in [4.69, 9.17) is 0 Å². The number of carbonyl (C=O) groups is 1. The van der Waals surface area contributed by atoms with Gasteiger partial charge in [-0.1, -0.05) is 32.1 Å². The molecule has 3 aliphatic rings. The van der Waals surface area contributed by atoms with Gasteiger partial charge in [-0.15, -0.1) is 0 Å². The van der Waals surface area contributed by atoms with Gasteiger partial charge in [-0.25, -0.2) is 0 Å². The average Bonchev–Trinajstić information content (AvgIpc) is 2.92. The summed E-state index contributed by atoms with van der Waals surface area (Å²) in [5.74, 6) is 2.23. The third kappa shape index (κ3) is 2.67. The second-order valence-electron chi connectivity index (χ2n) is 6.86. The third-order valence-electron chi connectivity index (χ3n) is 5.67. The van der Waals surface area contributed by atoms with Crippen molar-refractivity contribution in [3.8, 4) is 0 Å². The fourth-order valence-corrected chi connectivity index (χ4v) is 4.40. The van der Waals surface area contributed by atoms with Crippen LogP contribution in [0.25, 0.3) is 0 Å². The Bertz CT molecular complexity index is 323. The van der Waals surface area contributed by atoms with E-state index in [1.807, 2.05) is 0 Å². The summed E-state index contributed by atoms with van der Waals surface area (Å²) in [6.07, 6.45) is 8.81. The Hall–Kier alpha value is -0.570. The fourth-order valence-electron chi connectivity index (χ4n) is 4.40. The molecule has 3 unspecified atom stereocenters. The summed E-state index contributed by atoms with van der Waals surface area (Å²) in [4.78, 5) is 15.0. The monoisotopic (exact) mass is 264 g/mol. The number of hydrogen-bond acceptors (Lipinski definition) is 2. The molecule has 2 saturated heterocycles. The Kier molecular flexibility index (Phi) is 4.11. The number of likely N-dealkylation sites (tertiary alicyclic amines) is 1. The lowest BCUT2D eigenvalue weighted by molar-refractivity contribution is -0.137. The summed E-state index contributed by atoms with van der Waals surface area (Å²) < 4.78 is 0. The van der Waals surface area contributed by atoms with E-state index in [1.165, 1.54) is 32.1 Å². The lowest BCUT2D eigenvalue weighted by atomic mass is 9.90. The molecule has 1 N–H and O–H groups in total. The molecule has 3 rings (SSSR count). The Morgan fingerprint density at radius 1 is 1.05 bits per heavy atom. The molecule has 0 bridgehead atoms. The maximum Gasteiger partial charge on any atom is 0.225 e. The van der Waals surface area contributed by atoms with Crippen LogP contribution in [0.1, 0.15) is 51.9 Å². The molecule has 2 heterocycles. The highest BCUT2D eigenvalue weighted by Crippen LogP contribution is 2.35. The molecule has 3 nitrogen and oxygen atoms in total. The Morgan fingerprint density at radius 3 is 2.42 bits per heavy atom. The first-order valence-corrected chi connectivity index (χ1v) is 8.28. The summed E-state index contributed by atoms with van der Waals surface area (Å²) >= 11 is 0. The van der Waals surface area contributed by atoms with Crippen LogP contribution < -0.4 is 5.32 Å². The molecule has 3 atom stereocenters. The number of nitrogens with zero attached hydrogens (tertiary/aromatic N) is 1. The highest BCUT2D eigenvalue weighted by molar-refractivity contribution is 5.79. The van der Waals surface area contributed by atoms with Crippen molar-refractivity contribution < 1.29 is 4.79 Å². The van der Waals surface area contributed by atoms with Crippen LogP contribution in [0.3, 0.4) is 0 Å². The van der Waals surface area contributed by atoms with Crippen molar-refractivity contribution in [2.24, 2.45) is 17.8 Å². The molecule has 3 heteroatoms. The minimum Gasteiger partial charge on any atom is -0.339 e. The van der Waals surface area contributed by atoms with Crippen LogP contribution >= 0.6 is 0 Å². The lowest BCUT2D eigenvalue weighted by Gasteiger charge is -2.29. The summed E-state index contributed by atoms with van der Waals surface area (Å²) in [6.45, 7) is 5.50. The second kappa shape index (κ2) is 5.82. The van der Waals surface area contributed by atoms with E-state index in [0.29, 0.717) is 29.7 Å². The number of amides is 1. The predicted octanol–water partition coefficient (Wildman–Crippen LogP) is 2.41. The second-order valence-corrected chi connectivity index (χ2v) is 6.86. The quantitative estimate of drug-likeness (QED) is 0.789. The van der Waals surface area contributed by atoms with Gasteiger partial charge in [0.25, 0.3) is 0 Å². The minimum atomic E-state index is 0.328. The first-order valence-electron chi connectivity index (χ1n) is 8.28. The van der Waals surface area contributed by atoms with Gasteiger partial charge in [-0.05, 0) is 31.6 Å². The molecule has 1 amide bonds. The Labute approximate surface area is 117 Å². The summed E-state index contributed by atoms with van der Waals surface area (Å²) in [7, 11) is 0. The van der Waals surface area contributed by atoms with E-state index in [1.54, 1.807) is 0 Å². The Morgan fingerprint density at radius 2 is 1.74 bits per heavy atom. The van der Waals surface area contributed by atoms with E-state index in [-0.39, 0.29) is 0 Å². The van der Waals surface area contributed by atoms with Crippen molar-refractivity contribution in [2.45, 2.75) is 57.9 Å². The molecule has 0 radical (unpaired) electrons. The molecule has 108 valence electrons. The standard InChI is InChI=1S/C16H28N2O/c1-12-15-10-17-9-14(15)11-18(12)16(19)13-7-5-3-2-4-6-8-13/h12-15,17H,2-11H2,1H3. The minimum absolute atomic E-state index is 0.328. The van der Waals surface area contributed by atoms with Gasteiger partial charge in [0.2, 0.25) is 5.91 Å². The normalized spacial score (nSPS) is 36.9. The molecule has 2 aliphatic heterocycles. The molecule has 0 aromatic carbocycles. The van der Waals surface area contributed by atoms with E-state index < -0.39 is 0 Å². The van der Waals surface area contributed by atoms with Gasteiger partial charge < -0.3 is 10.2 Å². The molecule has 3 fully saturated rings. The van der Waals surface area contributed by atoms with Crippen molar-refractivity contribution in [3.05, 3.63) is 0 Å². The number of rotatable bonds is 1. The maximum absolute atomic E-state index is 12.8. The molecule has 0 aromatic heterocycles. The fraction of sp³-hybridized carbons (Fsp3) is 0.938. The topological polar surface area (TPSA) is 32.3 Å². The highest BCUT2D eigenvalue weighted by Gasteiger charge is 2.44. The van der Waals surface area contributed by atoms with Gasteiger partial charge in [0.15, 0.2) is 0 Å². The van der Waals surface area contributed by atoms with Crippen LogP contribution in [0.4, 0.5) is 0 Å². The van der Waals surface area contributed by atoms with Crippen LogP contribution in [0.5, 0.6) is 0 Å². The first-order chi connectivity index (χ1) is 9.27. The summed E-state index contributed by atoms with van der Waals surface area (Å²) in [5, 5.41) is 3.47. The van der Waals surface area contributed by atoms with Crippen LogP contribution in [-0.2, 0) is 4.79 Å². The first kappa shape index (κ1) is 13.4. The van der Waals surface area contributed by atoms with Gasteiger partial charge in [0, 0.05) is 31.6 Å². The summed E-state index contributed by atoms with van der Waals surface area (Å²) in [5.41, 5.74) is 0. The zero-order valence-corrected chi connectivity index (χ0v) is 12.2. The molecule has 19 heavy (non-hydrogen) atoms. The molecule has 0 spiro atoms. The van der Waals surface area contributed by atoms with Crippen LogP contribution in [0.2, 0.25) is 0 Å². The van der Waals surface area contributed by atoms with Gasteiger partial charge in [-0.2, -0.15) is 0 Å². The van der Waals surface area contributed by atoms with Gasteiger partial charge in [0.1, 0.15) is 0 Å². The number of carbonyl (C=O) groups excluding carboxylic acids is 1. The Balaban J connectivity index is 1.63. The van der Waals surface area contributed by atoms with Crippen LogP contribution in [0.15, 0.2) is 0 Å². The lowest BCUT2D eigenvalue weighted by Crippen LogP contribution is -2.41. The molecule has 0 aromatic rings. The molecular formula is C16H28N2O. The van der Waals surface area contributed by atoms with E-state index in [0.717, 1.165) is 32.5 Å². The SMILES string of the molecule is CC1C2CNCC2CN1C(=O)C1CCCCCCC1. The van der Waals surface area contributed by atoms with Crippen LogP contribution in [0, 0.1) is 17.8 Å². The van der Waals surface area contributed by atoms with Crippen LogP contribution in [-0.4, -0.2) is 36.5 Å². The van der Waals surface area contributed by atoms with E-state index in [9.17, 15) is 4.79 Å². The average molecular weight is 264 g/mol. The number of fused-ring (bicyclic) bond motifs is 1. The predicted molar refractivity (Wildman–Crippen MR) is 76.8 cm³/mol. The van der Waals surface area contributed by atoms with Crippen molar-refractivity contribution in [1.82, 2.24) is 10.2 Å². The van der Waals surface area contributed by atoms with Crippen molar-refractivity contribution in [1.29, 1.82) is 0 Å². The highest BCUT2D eigenvalue weighted by atomic mass is 16.2. The van der Waals surface area contributed by atoms with Gasteiger partial charge >= 0.3 is 0 Å². The zero-order chi connectivity index (χ0) is 13.2. The van der Waals surface area contributed by atoms with Gasteiger partial charge in [-0.3, -0.25) is 4.79 Å².